The highest BCUT2D eigenvalue weighted by Crippen LogP contribution is 2.30. The smallest absolute Gasteiger partial charge is 0.272 e. The molecule has 1 amide bonds. The molecule has 0 spiro atoms. The fourth-order valence-electron chi connectivity index (χ4n) is 2.98. The first-order chi connectivity index (χ1) is 12.7. The fourth-order valence-corrected chi connectivity index (χ4v) is 2.98. The number of aliphatic hydroxyl groups excluding tert-OH is 1. The van der Waals surface area contributed by atoms with Crippen LogP contribution in [-0.4, -0.2) is 43.0 Å². The van der Waals surface area contributed by atoms with E-state index in [2.05, 4.69) is 9.97 Å². The Morgan fingerprint density at radius 2 is 2.00 bits per heavy atom. The van der Waals surface area contributed by atoms with Gasteiger partial charge in [0.1, 0.15) is 17.8 Å². The average Bonchev–Trinajstić information content (AvgIpc) is 3.38. The first-order valence-electron chi connectivity index (χ1n) is 8.72. The molecule has 1 atom stereocenters. The first kappa shape index (κ1) is 16.5. The summed E-state index contributed by atoms with van der Waals surface area (Å²) in [5, 5.41) is 10.5. The van der Waals surface area contributed by atoms with E-state index < -0.39 is 6.10 Å². The lowest BCUT2D eigenvalue weighted by molar-refractivity contribution is 0.0597. The molecule has 1 aliphatic rings. The van der Waals surface area contributed by atoms with Gasteiger partial charge in [0.2, 0.25) is 0 Å². The van der Waals surface area contributed by atoms with Crippen molar-refractivity contribution in [3.05, 3.63) is 78.5 Å². The summed E-state index contributed by atoms with van der Waals surface area (Å²) in [5.74, 6) is 0.497. The van der Waals surface area contributed by atoms with Crippen LogP contribution in [-0.2, 0) is 0 Å². The SMILES string of the molecule is O=C(c1cccc(-n2ccnc2)n1)N(CC(O)c1ccccc1)C1CC1. The molecule has 0 radical (unpaired) electrons. The van der Waals surface area contributed by atoms with Gasteiger partial charge in [-0.3, -0.25) is 9.36 Å². The Balaban J connectivity index is 1.55. The van der Waals surface area contributed by atoms with Crippen LogP contribution in [0.1, 0.15) is 35.0 Å². The predicted molar refractivity (Wildman–Crippen MR) is 96.8 cm³/mol. The van der Waals surface area contributed by atoms with Crippen molar-refractivity contribution < 1.29 is 9.90 Å². The van der Waals surface area contributed by atoms with Crippen LogP contribution in [0.15, 0.2) is 67.3 Å². The number of hydrogen-bond acceptors (Lipinski definition) is 4. The van der Waals surface area contributed by atoms with Crippen LogP contribution in [0, 0.1) is 0 Å². The summed E-state index contributed by atoms with van der Waals surface area (Å²) in [6.45, 7) is 0.268. The van der Waals surface area contributed by atoms with Crippen molar-refractivity contribution in [3.8, 4) is 5.82 Å². The minimum atomic E-state index is -0.711. The predicted octanol–water partition coefficient (Wildman–Crippen LogP) is 2.61. The summed E-state index contributed by atoms with van der Waals surface area (Å²) in [6, 6.07) is 15.0. The zero-order chi connectivity index (χ0) is 17.9. The number of pyridine rings is 1. The van der Waals surface area contributed by atoms with Crippen LogP contribution in [0.2, 0.25) is 0 Å². The molecule has 0 bridgehead atoms. The molecule has 6 heteroatoms. The molecule has 3 aromatic rings. The number of imidazole rings is 1. The number of benzene rings is 1. The summed E-state index contributed by atoms with van der Waals surface area (Å²) < 4.78 is 1.76. The van der Waals surface area contributed by atoms with E-state index in [0.717, 1.165) is 18.4 Å². The summed E-state index contributed by atoms with van der Waals surface area (Å²) in [7, 11) is 0. The Morgan fingerprint density at radius 1 is 1.19 bits per heavy atom. The first-order valence-corrected chi connectivity index (χ1v) is 8.72. The van der Waals surface area contributed by atoms with Gasteiger partial charge in [-0.15, -0.1) is 0 Å². The van der Waals surface area contributed by atoms with Crippen molar-refractivity contribution in [1.29, 1.82) is 0 Å². The standard InChI is InChI=1S/C20H20N4O2/c25-18(15-5-2-1-3-6-15)13-24(16-9-10-16)20(26)17-7-4-8-19(22-17)23-12-11-21-14-23/h1-8,11-12,14,16,18,25H,9-10,13H2. The highest BCUT2D eigenvalue weighted by atomic mass is 16.3. The van der Waals surface area contributed by atoms with Crippen molar-refractivity contribution in [2.24, 2.45) is 0 Å². The Hall–Kier alpha value is -2.99. The Morgan fingerprint density at radius 3 is 2.69 bits per heavy atom. The highest BCUT2D eigenvalue weighted by Gasteiger charge is 2.35. The van der Waals surface area contributed by atoms with Crippen molar-refractivity contribution in [1.82, 2.24) is 19.4 Å². The molecule has 2 aromatic heterocycles. The quantitative estimate of drug-likeness (QED) is 0.743. The molecule has 1 fully saturated rings. The molecule has 1 unspecified atom stereocenters. The van der Waals surface area contributed by atoms with E-state index in [9.17, 15) is 9.90 Å². The van der Waals surface area contributed by atoms with Gasteiger partial charge in [0, 0.05) is 18.4 Å². The molecule has 2 heterocycles. The van der Waals surface area contributed by atoms with Gasteiger partial charge in [0.15, 0.2) is 0 Å². The van der Waals surface area contributed by atoms with Gasteiger partial charge < -0.3 is 10.0 Å². The molecule has 0 saturated heterocycles. The van der Waals surface area contributed by atoms with E-state index in [1.54, 1.807) is 34.3 Å². The maximum absolute atomic E-state index is 13.0. The lowest BCUT2D eigenvalue weighted by Crippen LogP contribution is -2.37. The van der Waals surface area contributed by atoms with E-state index in [1.165, 1.54) is 0 Å². The normalized spacial score (nSPS) is 14.8. The Kier molecular flexibility index (Phi) is 4.50. The van der Waals surface area contributed by atoms with Crippen LogP contribution in [0.5, 0.6) is 0 Å². The van der Waals surface area contributed by atoms with Gasteiger partial charge in [-0.05, 0) is 30.5 Å². The van der Waals surface area contributed by atoms with E-state index in [1.807, 2.05) is 42.5 Å². The second-order valence-corrected chi connectivity index (χ2v) is 6.47. The van der Waals surface area contributed by atoms with E-state index in [-0.39, 0.29) is 18.5 Å². The topological polar surface area (TPSA) is 71.2 Å². The zero-order valence-electron chi connectivity index (χ0n) is 14.3. The van der Waals surface area contributed by atoms with E-state index in [4.69, 9.17) is 0 Å². The van der Waals surface area contributed by atoms with Crippen molar-refractivity contribution >= 4 is 5.91 Å². The van der Waals surface area contributed by atoms with E-state index >= 15 is 0 Å². The zero-order valence-corrected chi connectivity index (χ0v) is 14.3. The number of amides is 1. The highest BCUT2D eigenvalue weighted by molar-refractivity contribution is 5.93. The maximum Gasteiger partial charge on any atom is 0.272 e. The number of hydrogen-bond donors (Lipinski definition) is 1. The second kappa shape index (κ2) is 7.09. The molecular formula is C20H20N4O2. The molecule has 1 aliphatic carbocycles. The number of nitrogens with zero attached hydrogens (tertiary/aromatic N) is 4. The number of carbonyl (C=O) groups is 1. The van der Waals surface area contributed by atoms with Crippen LogP contribution >= 0.6 is 0 Å². The minimum Gasteiger partial charge on any atom is -0.387 e. The molecular weight excluding hydrogens is 328 g/mol. The molecule has 4 rings (SSSR count). The van der Waals surface area contributed by atoms with Crippen LogP contribution in [0.25, 0.3) is 5.82 Å². The summed E-state index contributed by atoms with van der Waals surface area (Å²) >= 11 is 0. The third kappa shape index (κ3) is 3.50. The van der Waals surface area contributed by atoms with Crippen molar-refractivity contribution in [3.63, 3.8) is 0 Å². The van der Waals surface area contributed by atoms with Crippen LogP contribution < -0.4 is 0 Å². The lowest BCUT2D eigenvalue weighted by atomic mass is 10.1. The van der Waals surface area contributed by atoms with Gasteiger partial charge in [0.05, 0.1) is 12.6 Å². The summed E-state index contributed by atoms with van der Waals surface area (Å²) in [5.41, 5.74) is 1.19. The Labute approximate surface area is 151 Å². The number of carbonyl (C=O) groups excluding carboxylic acids is 1. The minimum absolute atomic E-state index is 0.149. The van der Waals surface area contributed by atoms with Crippen molar-refractivity contribution in [2.75, 3.05) is 6.54 Å². The molecule has 1 saturated carbocycles. The van der Waals surface area contributed by atoms with Crippen molar-refractivity contribution in [2.45, 2.75) is 25.0 Å². The van der Waals surface area contributed by atoms with Gasteiger partial charge in [-0.2, -0.15) is 0 Å². The number of rotatable bonds is 6. The van der Waals surface area contributed by atoms with Crippen LogP contribution in [0.3, 0.4) is 0 Å². The third-order valence-electron chi connectivity index (χ3n) is 4.52. The molecule has 26 heavy (non-hydrogen) atoms. The average molecular weight is 348 g/mol. The molecule has 1 aromatic carbocycles. The largest absolute Gasteiger partial charge is 0.387 e. The monoisotopic (exact) mass is 348 g/mol. The van der Waals surface area contributed by atoms with Gasteiger partial charge in [-0.25, -0.2) is 9.97 Å². The molecule has 132 valence electrons. The second-order valence-electron chi connectivity index (χ2n) is 6.47. The maximum atomic E-state index is 13.0. The van der Waals surface area contributed by atoms with Gasteiger partial charge >= 0.3 is 0 Å². The molecule has 6 nitrogen and oxygen atoms in total. The summed E-state index contributed by atoms with van der Waals surface area (Å²) in [6.07, 6.45) is 6.33. The molecule has 1 N–H and O–H groups in total. The van der Waals surface area contributed by atoms with Gasteiger partial charge in [-0.1, -0.05) is 36.4 Å². The number of aliphatic hydroxyl groups is 1. The van der Waals surface area contributed by atoms with E-state index in [0.29, 0.717) is 11.5 Å². The fraction of sp³-hybridized carbons (Fsp3) is 0.250. The molecule has 0 aliphatic heterocycles. The Bertz CT molecular complexity index is 876. The van der Waals surface area contributed by atoms with Crippen LogP contribution in [0.4, 0.5) is 0 Å². The summed E-state index contributed by atoms with van der Waals surface area (Å²) in [4.78, 5) is 23.3. The lowest BCUT2D eigenvalue weighted by Gasteiger charge is -2.25. The third-order valence-corrected chi connectivity index (χ3v) is 4.52. The number of aromatic nitrogens is 3. The van der Waals surface area contributed by atoms with Gasteiger partial charge in [0.25, 0.3) is 5.91 Å².